The molecule has 1 saturated heterocycles. The predicted octanol–water partition coefficient (Wildman–Crippen LogP) is 3.18. The van der Waals surface area contributed by atoms with Crippen LogP contribution in [0.25, 0.3) is 0 Å². The summed E-state index contributed by atoms with van der Waals surface area (Å²) in [4.78, 5) is 14.7. The second-order valence-electron chi connectivity index (χ2n) is 6.39. The van der Waals surface area contributed by atoms with Crippen LogP contribution in [0.3, 0.4) is 0 Å². The Hall–Kier alpha value is -1.75. The molecule has 5 heteroatoms. The van der Waals surface area contributed by atoms with Crippen LogP contribution in [-0.2, 0) is 16.1 Å². The average Bonchev–Trinajstić information content (AvgIpc) is 2.62. The molecular weight excluding hydrogens is 306 g/mol. The van der Waals surface area contributed by atoms with E-state index in [9.17, 15) is 4.79 Å². The number of aryl methyl sites for hydroxylation is 1. The third kappa shape index (κ3) is 4.01. The molecule has 1 aromatic rings. The van der Waals surface area contributed by atoms with Crippen LogP contribution in [0.5, 0.6) is 11.5 Å². The van der Waals surface area contributed by atoms with Crippen LogP contribution in [0, 0.1) is 12.8 Å². The maximum absolute atomic E-state index is 12.9. The van der Waals surface area contributed by atoms with Gasteiger partial charge in [-0.2, -0.15) is 0 Å². The number of hydrogen-bond acceptors (Lipinski definition) is 4. The fourth-order valence-electron chi connectivity index (χ4n) is 3.33. The van der Waals surface area contributed by atoms with Crippen molar-refractivity contribution in [3.63, 3.8) is 0 Å². The lowest BCUT2D eigenvalue weighted by Gasteiger charge is -2.33. The van der Waals surface area contributed by atoms with Gasteiger partial charge in [-0.15, -0.1) is 0 Å². The Morgan fingerprint density at radius 3 is 2.58 bits per heavy atom. The molecule has 2 unspecified atom stereocenters. The molecule has 1 heterocycles. The molecule has 1 aromatic carbocycles. The summed E-state index contributed by atoms with van der Waals surface area (Å²) in [6, 6.07) is 3.90. The molecule has 2 atom stereocenters. The molecule has 1 aliphatic rings. The number of benzene rings is 1. The zero-order valence-electron chi connectivity index (χ0n) is 15.4. The number of methoxy groups -OCH3 is 2. The quantitative estimate of drug-likeness (QED) is 0.801. The fourth-order valence-corrected chi connectivity index (χ4v) is 3.33. The molecule has 0 radical (unpaired) electrons. The first-order valence-corrected chi connectivity index (χ1v) is 8.59. The number of carbonyl (C=O) groups excluding carboxylic acids is 1. The summed E-state index contributed by atoms with van der Waals surface area (Å²) in [6.45, 7) is 5.42. The summed E-state index contributed by atoms with van der Waals surface area (Å²) >= 11 is 0. The second-order valence-corrected chi connectivity index (χ2v) is 6.39. The summed E-state index contributed by atoms with van der Waals surface area (Å²) in [5, 5.41) is 0. The average molecular weight is 335 g/mol. The van der Waals surface area contributed by atoms with E-state index < -0.39 is 0 Å². The summed E-state index contributed by atoms with van der Waals surface area (Å²) in [7, 11) is 5.11. The van der Waals surface area contributed by atoms with Crippen molar-refractivity contribution in [1.82, 2.24) is 4.90 Å². The third-order valence-corrected chi connectivity index (χ3v) is 4.79. The molecule has 0 N–H and O–H groups in total. The van der Waals surface area contributed by atoms with Crippen molar-refractivity contribution in [3.8, 4) is 11.5 Å². The number of rotatable bonds is 6. The Kier molecular flexibility index (Phi) is 6.49. The maximum atomic E-state index is 12.9. The Morgan fingerprint density at radius 2 is 1.96 bits per heavy atom. The Bertz CT molecular complexity index is 573. The molecule has 1 amide bonds. The Morgan fingerprint density at radius 1 is 1.29 bits per heavy atom. The third-order valence-electron chi connectivity index (χ3n) is 4.79. The van der Waals surface area contributed by atoms with Crippen molar-refractivity contribution in [2.24, 2.45) is 5.92 Å². The van der Waals surface area contributed by atoms with Gasteiger partial charge in [0.25, 0.3) is 0 Å². The first kappa shape index (κ1) is 18.6. The van der Waals surface area contributed by atoms with Crippen molar-refractivity contribution < 1.29 is 19.0 Å². The van der Waals surface area contributed by atoms with Crippen molar-refractivity contribution in [2.45, 2.75) is 45.8 Å². The minimum absolute atomic E-state index is 0.0331. The van der Waals surface area contributed by atoms with Crippen molar-refractivity contribution >= 4 is 5.91 Å². The lowest BCUT2D eigenvalue weighted by molar-refractivity contribution is -0.144. The van der Waals surface area contributed by atoms with Crippen LogP contribution in [0.2, 0.25) is 0 Å². The molecule has 1 aliphatic heterocycles. The molecule has 2 rings (SSSR count). The van der Waals surface area contributed by atoms with Gasteiger partial charge in [0.05, 0.1) is 26.2 Å². The Balaban J connectivity index is 2.13. The van der Waals surface area contributed by atoms with Crippen LogP contribution >= 0.6 is 0 Å². The van der Waals surface area contributed by atoms with Crippen LogP contribution in [-0.4, -0.2) is 44.8 Å². The number of amides is 1. The van der Waals surface area contributed by atoms with Crippen LogP contribution < -0.4 is 9.47 Å². The SMILES string of the molecule is CCC1OCCCC1C(=O)N(C)Cc1cc(OC)c(OC)cc1C. The summed E-state index contributed by atoms with van der Waals surface area (Å²) < 4.78 is 16.5. The van der Waals surface area contributed by atoms with E-state index in [4.69, 9.17) is 14.2 Å². The predicted molar refractivity (Wildman–Crippen MR) is 93.5 cm³/mol. The van der Waals surface area contributed by atoms with Crippen molar-refractivity contribution in [1.29, 1.82) is 0 Å². The molecule has 0 aromatic heterocycles. The van der Waals surface area contributed by atoms with E-state index in [2.05, 4.69) is 6.92 Å². The van der Waals surface area contributed by atoms with Gasteiger partial charge in [-0.05, 0) is 49.4 Å². The molecule has 0 aliphatic carbocycles. The molecular formula is C19H29NO4. The molecule has 0 bridgehead atoms. The highest BCUT2D eigenvalue weighted by Gasteiger charge is 2.32. The van der Waals surface area contributed by atoms with Gasteiger partial charge in [-0.1, -0.05) is 6.92 Å². The largest absolute Gasteiger partial charge is 0.493 e. The van der Waals surface area contributed by atoms with Gasteiger partial charge in [0.15, 0.2) is 11.5 Å². The van der Waals surface area contributed by atoms with Gasteiger partial charge in [0.2, 0.25) is 5.91 Å². The van der Waals surface area contributed by atoms with E-state index in [0.29, 0.717) is 18.0 Å². The fraction of sp³-hybridized carbons (Fsp3) is 0.632. The standard InChI is InChI=1S/C19H29NO4/c1-6-16-15(8-7-9-24-16)19(21)20(3)12-14-11-18(23-5)17(22-4)10-13(14)2/h10-11,15-16H,6-9,12H2,1-5H3. The topological polar surface area (TPSA) is 48.0 Å². The molecule has 0 saturated carbocycles. The smallest absolute Gasteiger partial charge is 0.228 e. The number of ether oxygens (including phenoxy) is 3. The van der Waals surface area contributed by atoms with E-state index in [1.807, 2.05) is 26.1 Å². The van der Waals surface area contributed by atoms with Crippen LogP contribution in [0.1, 0.15) is 37.3 Å². The van der Waals surface area contributed by atoms with Crippen LogP contribution in [0.15, 0.2) is 12.1 Å². The second kappa shape index (κ2) is 8.38. The van der Waals surface area contributed by atoms with E-state index >= 15 is 0 Å². The molecule has 0 spiro atoms. The number of hydrogen-bond donors (Lipinski definition) is 0. The molecule has 1 fully saturated rings. The number of nitrogens with zero attached hydrogens (tertiary/aromatic N) is 1. The summed E-state index contributed by atoms with van der Waals surface area (Å²) in [5.74, 6) is 1.52. The lowest BCUT2D eigenvalue weighted by Crippen LogP contribution is -2.42. The molecule has 24 heavy (non-hydrogen) atoms. The maximum Gasteiger partial charge on any atom is 0.228 e. The highest BCUT2D eigenvalue weighted by molar-refractivity contribution is 5.79. The Labute approximate surface area is 144 Å². The van der Waals surface area contributed by atoms with Gasteiger partial charge in [-0.3, -0.25) is 4.79 Å². The van der Waals surface area contributed by atoms with Crippen molar-refractivity contribution in [2.75, 3.05) is 27.9 Å². The van der Waals surface area contributed by atoms with E-state index in [-0.39, 0.29) is 17.9 Å². The highest BCUT2D eigenvalue weighted by atomic mass is 16.5. The molecule has 5 nitrogen and oxygen atoms in total. The van der Waals surface area contributed by atoms with Gasteiger partial charge in [0, 0.05) is 20.2 Å². The summed E-state index contributed by atoms with van der Waals surface area (Å²) in [5.41, 5.74) is 2.15. The minimum Gasteiger partial charge on any atom is -0.493 e. The first-order valence-electron chi connectivity index (χ1n) is 8.59. The first-order chi connectivity index (χ1) is 11.5. The zero-order valence-corrected chi connectivity index (χ0v) is 15.4. The lowest BCUT2D eigenvalue weighted by atomic mass is 9.91. The van der Waals surface area contributed by atoms with Crippen LogP contribution in [0.4, 0.5) is 0 Å². The van der Waals surface area contributed by atoms with Gasteiger partial charge >= 0.3 is 0 Å². The normalized spacial score (nSPS) is 20.5. The van der Waals surface area contributed by atoms with E-state index in [1.165, 1.54) is 0 Å². The number of carbonyl (C=O) groups is 1. The highest BCUT2D eigenvalue weighted by Crippen LogP contribution is 2.31. The van der Waals surface area contributed by atoms with E-state index in [1.54, 1.807) is 19.1 Å². The van der Waals surface area contributed by atoms with Crippen molar-refractivity contribution in [3.05, 3.63) is 23.3 Å². The monoisotopic (exact) mass is 335 g/mol. The minimum atomic E-state index is -0.0331. The van der Waals surface area contributed by atoms with Gasteiger partial charge in [-0.25, -0.2) is 0 Å². The van der Waals surface area contributed by atoms with E-state index in [0.717, 1.165) is 37.0 Å². The van der Waals surface area contributed by atoms with Gasteiger partial charge in [0.1, 0.15) is 0 Å². The van der Waals surface area contributed by atoms with Gasteiger partial charge < -0.3 is 19.1 Å². The zero-order chi connectivity index (χ0) is 17.7. The molecule has 134 valence electrons. The summed E-state index contributed by atoms with van der Waals surface area (Å²) in [6.07, 6.45) is 2.78.